The van der Waals surface area contributed by atoms with Crippen LogP contribution in [0.15, 0.2) is 24.3 Å². The van der Waals surface area contributed by atoms with Crippen LogP contribution in [0.1, 0.15) is 37.7 Å². The van der Waals surface area contributed by atoms with E-state index in [9.17, 15) is 4.79 Å². The van der Waals surface area contributed by atoms with Gasteiger partial charge in [-0.15, -0.1) is 0 Å². The maximum atomic E-state index is 12.5. The van der Waals surface area contributed by atoms with Gasteiger partial charge in [-0.1, -0.05) is 31.0 Å². The van der Waals surface area contributed by atoms with Crippen molar-refractivity contribution >= 4 is 11.6 Å². The average molecular weight is 302 g/mol. The van der Waals surface area contributed by atoms with Crippen LogP contribution in [0.3, 0.4) is 0 Å². The average Bonchev–Trinajstić information content (AvgIpc) is 2.80. The number of fused-ring (bicyclic) bond motifs is 1. The summed E-state index contributed by atoms with van der Waals surface area (Å²) >= 11 is 0. The minimum atomic E-state index is 0.182. The SMILES string of the molecule is O=C1CCOCc2ccccc2N1CCN1CCCCCC1. The molecule has 0 aliphatic carbocycles. The lowest BCUT2D eigenvalue weighted by Crippen LogP contribution is -2.40. The Kier molecular flexibility index (Phi) is 5.46. The molecular formula is C18H26N2O2. The maximum absolute atomic E-state index is 12.5. The zero-order valence-corrected chi connectivity index (χ0v) is 13.3. The second-order valence-corrected chi connectivity index (χ2v) is 6.23. The molecule has 2 heterocycles. The van der Waals surface area contributed by atoms with Crippen molar-refractivity contribution in [1.29, 1.82) is 0 Å². The predicted octanol–water partition coefficient (Wildman–Crippen LogP) is 2.82. The lowest BCUT2D eigenvalue weighted by molar-refractivity contribution is -0.120. The molecule has 0 radical (unpaired) electrons. The van der Waals surface area contributed by atoms with Gasteiger partial charge < -0.3 is 14.5 Å². The first kappa shape index (κ1) is 15.5. The lowest BCUT2D eigenvalue weighted by Gasteiger charge is -2.30. The minimum absolute atomic E-state index is 0.182. The Bertz CT molecular complexity index is 496. The topological polar surface area (TPSA) is 32.8 Å². The number of rotatable bonds is 3. The van der Waals surface area contributed by atoms with Crippen molar-refractivity contribution in [2.45, 2.75) is 38.7 Å². The number of ether oxygens (including phenoxy) is 1. The number of benzene rings is 1. The highest BCUT2D eigenvalue weighted by Crippen LogP contribution is 2.24. The number of carbonyl (C=O) groups excluding carboxylic acids is 1. The van der Waals surface area contributed by atoms with E-state index in [0.29, 0.717) is 19.6 Å². The second-order valence-electron chi connectivity index (χ2n) is 6.23. The van der Waals surface area contributed by atoms with Gasteiger partial charge in [-0.2, -0.15) is 0 Å². The zero-order valence-electron chi connectivity index (χ0n) is 13.3. The Hall–Kier alpha value is -1.39. The normalized spacial score (nSPS) is 20.9. The summed E-state index contributed by atoms with van der Waals surface area (Å²) in [5, 5.41) is 0. The van der Waals surface area contributed by atoms with Gasteiger partial charge in [0.2, 0.25) is 5.91 Å². The molecule has 3 rings (SSSR count). The smallest absolute Gasteiger partial charge is 0.229 e. The van der Waals surface area contributed by atoms with Crippen LogP contribution < -0.4 is 4.90 Å². The molecule has 1 aromatic carbocycles. The van der Waals surface area contributed by atoms with Crippen LogP contribution >= 0.6 is 0 Å². The van der Waals surface area contributed by atoms with Gasteiger partial charge in [-0.3, -0.25) is 4.79 Å². The first-order chi connectivity index (χ1) is 10.8. The van der Waals surface area contributed by atoms with Crippen molar-refractivity contribution in [1.82, 2.24) is 4.90 Å². The molecule has 0 atom stereocenters. The van der Waals surface area contributed by atoms with Crippen LogP contribution in [0.4, 0.5) is 5.69 Å². The highest BCUT2D eigenvalue weighted by molar-refractivity contribution is 5.94. The Labute approximate surface area is 133 Å². The highest BCUT2D eigenvalue weighted by Gasteiger charge is 2.21. The van der Waals surface area contributed by atoms with E-state index >= 15 is 0 Å². The number of amides is 1. The van der Waals surface area contributed by atoms with E-state index in [4.69, 9.17) is 4.74 Å². The van der Waals surface area contributed by atoms with Crippen LogP contribution in [-0.2, 0) is 16.1 Å². The third-order valence-corrected chi connectivity index (χ3v) is 4.64. The fraction of sp³-hybridized carbons (Fsp3) is 0.611. The molecule has 4 nitrogen and oxygen atoms in total. The van der Waals surface area contributed by atoms with Crippen LogP contribution in [0.2, 0.25) is 0 Å². The Balaban J connectivity index is 1.71. The number of hydrogen-bond donors (Lipinski definition) is 0. The Morgan fingerprint density at radius 3 is 2.59 bits per heavy atom. The van der Waals surface area contributed by atoms with Crippen molar-refractivity contribution < 1.29 is 9.53 Å². The number of likely N-dealkylation sites (tertiary alicyclic amines) is 1. The van der Waals surface area contributed by atoms with E-state index < -0.39 is 0 Å². The van der Waals surface area contributed by atoms with Crippen molar-refractivity contribution in [3.63, 3.8) is 0 Å². The maximum Gasteiger partial charge on any atom is 0.229 e. The molecule has 0 saturated carbocycles. The van der Waals surface area contributed by atoms with E-state index in [2.05, 4.69) is 11.0 Å². The number of nitrogens with zero attached hydrogens (tertiary/aromatic N) is 2. The Morgan fingerprint density at radius 2 is 1.77 bits per heavy atom. The fourth-order valence-corrected chi connectivity index (χ4v) is 3.35. The van der Waals surface area contributed by atoms with Gasteiger partial charge in [0, 0.05) is 24.3 Å². The number of anilines is 1. The summed E-state index contributed by atoms with van der Waals surface area (Å²) in [5.41, 5.74) is 2.15. The summed E-state index contributed by atoms with van der Waals surface area (Å²) in [6, 6.07) is 8.13. The first-order valence-corrected chi connectivity index (χ1v) is 8.53. The van der Waals surface area contributed by atoms with Gasteiger partial charge in [0.25, 0.3) is 0 Å². The molecule has 2 aliphatic heterocycles. The summed E-state index contributed by atoms with van der Waals surface area (Å²) in [5.74, 6) is 0.182. The van der Waals surface area contributed by atoms with E-state index in [-0.39, 0.29) is 5.91 Å². The standard InChI is InChI=1S/C18H26N2O2/c21-18-9-14-22-15-16-7-3-4-8-17(16)20(18)13-12-19-10-5-1-2-6-11-19/h3-4,7-8H,1-2,5-6,9-15H2. The molecule has 4 heteroatoms. The summed E-state index contributed by atoms with van der Waals surface area (Å²) in [6.45, 7) is 5.23. The molecule has 0 spiro atoms. The van der Waals surface area contributed by atoms with Gasteiger partial charge in [-0.25, -0.2) is 0 Å². The van der Waals surface area contributed by atoms with E-state index in [1.165, 1.54) is 38.8 Å². The number of hydrogen-bond acceptors (Lipinski definition) is 3. The summed E-state index contributed by atoms with van der Waals surface area (Å²) in [6.07, 6.45) is 5.75. The van der Waals surface area contributed by atoms with Crippen LogP contribution in [0, 0.1) is 0 Å². The molecule has 22 heavy (non-hydrogen) atoms. The largest absolute Gasteiger partial charge is 0.376 e. The third-order valence-electron chi connectivity index (χ3n) is 4.64. The van der Waals surface area contributed by atoms with Gasteiger partial charge in [0.05, 0.1) is 19.6 Å². The molecule has 1 amide bonds. The lowest BCUT2D eigenvalue weighted by atomic mass is 10.1. The van der Waals surface area contributed by atoms with E-state index in [1.807, 2.05) is 23.1 Å². The van der Waals surface area contributed by atoms with Crippen molar-refractivity contribution in [3.05, 3.63) is 29.8 Å². The monoisotopic (exact) mass is 302 g/mol. The molecule has 0 N–H and O–H groups in total. The van der Waals surface area contributed by atoms with Gasteiger partial charge in [0.15, 0.2) is 0 Å². The first-order valence-electron chi connectivity index (χ1n) is 8.53. The van der Waals surface area contributed by atoms with Gasteiger partial charge in [-0.05, 0) is 32.0 Å². The predicted molar refractivity (Wildman–Crippen MR) is 88.0 cm³/mol. The van der Waals surface area contributed by atoms with Gasteiger partial charge >= 0.3 is 0 Å². The molecule has 1 fully saturated rings. The molecule has 0 unspecified atom stereocenters. The van der Waals surface area contributed by atoms with Crippen LogP contribution in [-0.4, -0.2) is 43.6 Å². The van der Waals surface area contributed by atoms with Crippen molar-refractivity contribution in [2.75, 3.05) is 37.7 Å². The second kappa shape index (κ2) is 7.75. The molecule has 2 aliphatic rings. The van der Waals surface area contributed by atoms with Crippen LogP contribution in [0.25, 0.3) is 0 Å². The highest BCUT2D eigenvalue weighted by atomic mass is 16.5. The molecule has 0 bridgehead atoms. The summed E-state index contributed by atoms with van der Waals surface area (Å²) < 4.78 is 5.57. The zero-order chi connectivity index (χ0) is 15.2. The summed E-state index contributed by atoms with van der Waals surface area (Å²) in [7, 11) is 0. The molecule has 1 aromatic rings. The van der Waals surface area contributed by atoms with E-state index in [0.717, 1.165) is 24.3 Å². The van der Waals surface area contributed by atoms with Gasteiger partial charge in [0.1, 0.15) is 0 Å². The number of para-hydroxylation sites is 1. The van der Waals surface area contributed by atoms with Crippen molar-refractivity contribution in [2.24, 2.45) is 0 Å². The summed E-state index contributed by atoms with van der Waals surface area (Å²) in [4.78, 5) is 17.0. The van der Waals surface area contributed by atoms with Crippen molar-refractivity contribution in [3.8, 4) is 0 Å². The quantitative estimate of drug-likeness (QED) is 0.861. The fourth-order valence-electron chi connectivity index (χ4n) is 3.35. The molecule has 1 saturated heterocycles. The molecule has 120 valence electrons. The third kappa shape index (κ3) is 3.87. The Morgan fingerprint density at radius 1 is 1.00 bits per heavy atom. The number of carbonyl (C=O) groups is 1. The molecule has 0 aromatic heterocycles. The molecular weight excluding hydrogens is 276 g/mol. The van der Waals surface area contributed by atoms with Crippen LogP contribution in [0.5, 0.6) is 0 Å². The minimum Gasteiger partial charge on any atom is -0.376 e. The van der Waals surface area contributed by atoms with E-state index in [1.54, 1.807) is 0 Å².